The quantitative estimate of drug-likeness (QED) is 0.853. The van der Waals surface area contributed by atoms with Crippen LogP contribution >= 0.6 is 15.9 Å². The fourth-order valence-electron chi connectivity index (χ4n) is 1.70. The van der Waals surface area contributed by atoms with E-state index in [2.05, 4.69) is 20.9 Å². The fraction of sp³-hybridized carbons (Fsp3) is 0.364. The first-order chi connectivity index (χ1) is 8.99. The molecular formula is C11H11BrF3N3O. The highest BCUT2D eigenvalue weighted by Gasteiger charge is 2.11. The van der Waals surface area contributed by atoms with Crippen LogP contribution in [0, 0.1) is 5.82 Å². The van der Waals surface area contributed by atoms with Gasteiger partial charge in [0, 0.05) is 12.6 Å². The second-order valence-corrected chi connectivity index (χ2v) is 4.70. The van der Waals surface area contributed by atoms with Crippen molar-refractivity contribution in [2.75, 3.05) is 18.9 Å². The molecule has 2 N–H and O–H groups in total. The number of aromatic nitrogens is 2. The number of hydrogen-bond acceptors (Lipinski definition) is 3. The number of nitrogens with two attached hydrogens (primary N) is 1. The number of nitrogens with zero attached hydrogens (tertiary/aromatic N) is 2. The number of alkyl halides is 2. The largest absolute Gasteiger partial charge is 0.374 e. The molecule has 0 atom stereocenters. The monoisotopic (exact) mass is 337 g/mol. The summed E-state index contributed by atoms with van der Waals surface area (Å²) in [5.41, 5.74) is 6.73. The van der Waals surface area contributed by atoms with Crippen molar-refractivity contribution in [3.05, 3.63) is 22.4 Å². The molecular weight excluding hydrogens is 327 g/mol. The molecule has 0 fully saturated rings. The van der Waals surface area contributed by atoms with Gasteiger partial charge >= 0.3 is 0 Å². The van der Waals surface area contributed by atoms with Gasteiger partial charge in [0.25, 0.3) is 6.43 Å². The fourth-order valence-corrected chi connectivity index (χ4v) is 2.03. The van der Waals surface area contributed by atoms with Crippen LogP contribution in [0.4, 0.5) is 19.1 Å². The first kappa shape index (κ1) is 14.1. The van der Waals surface area contributed by atoms with Gasteiger partial charge in [0.2, 0.25) is 5.95 Å². The summed E-state index contributed by atoms with van der Waals surface area (Å²) in [7, 11) is 0. The number of ether oxygens (including phenoxy) is 1. The van der Waals surface area contributed by atoms with Crippen LogP contribution in [0.3, 0.4) is 0 Å². The van der Waals surface area contributed by atoms with Gasteiger partial charge in [-0.25, -0.2) is 18.2 Å². The molecule has 8 heteroatoms. The van der Waals surface area contributed by atoms with Crippen LogP contribution in [0.2, 0.25) is 0 Å². The summed E-state index contributed by atoms with van der Waals surface area (Å²) in [4.78, 5) is 4.07. The first-order valence-corrected chi connectivity index (χ1v) is 6.25. The van der Waals surface area contributed by atoms with Crippen molar-refractivity contribution in [2.45, 2.75) is 13.0 Å². The maximum absolute atomic E-state index is 13.5. The second-order valence-electron chi connectivity index (χ2n) is 3.84. The molecule has 0 bridgehead atoms. The molecule has 0 aliphatic rings. The molecule has 4 nitrogen and oxygen atoms in total. The van der Waals surface area contributed by atoms with Gasteiger partial charge in [-0.3, -0.25) is 0 Å². The number of imidazole rings is 1. The Morgan fingerprint density at radius 2 is 2.16 bits per heavy atom. The van der Waals surface area contributed by atoms with E-state index in [-0.39, 0.29) is 19.1 Å². The van der Waals surface area contributed by atoms with Crippen molar-refractivity contribution in [2.24, 2.45) is 0 Å². The van der Waals surface area contributed by atoms with Gasteiger partial charge in [-0.1, -0.05) is 0 Å². The lowest BCUT2D eigenvalue weighted by atomic mass is 10.3. The molecule has 0 radical (unpaired) electrons. The maximum Gasteiger partial charge on any atom is 0.261 e. The highest BCUT2D eigenvalue weighted by Crippen LogP contribution is 2.24. The van der Waals surface area contributed by atoms with Crippen molar-refractivity contribution in [3.63, 3.8) is 0 Å². The number of fused-ring (bicyclic) bond motifs is 1. The molecule has 0 amide bonds. The topological polar surface area (TPSA) is 53.1 Å². The van der Waals surface area contributed by atoms with Crippen molar-refractivity contribution in [1.82, 2.24) is 9.55 Å². The third kappa shape index (κ3) is 3.19. The summed E-state index contributed by atoms with van der Waals surface area (Å²) in [5, 5.41) is 0. The zero-order chi connectivity index (χ0) is 14.0. The van der Waals surface area contributed by atoms with Crippen molar-refractivity contribution < 1.29 is 17.9 Å². The average Bonchev–Trinajstić information content (AvgIpc) is 2.61. The van der Waals surface area contributed by atoms with E-state index in [4.69, 9.17) is 10.5 Å². The molecule has 19 heavy (non-hydrogen) atoms. The summed E-state index contributed by atoms with van der Waals surface area (Å²) < 4.78 is 43.9. The van der Waals surface area contributed by atoms with E-state index in [9.17, 15) is 13.2 Å². The van der Waals surface area contributed by atoms with Gasteiger partial charge in [0.1, 0.15) is 12.4 Å². The zero-order valence-corrected chi connectivity index (χ0v) is 11.3. The highest BCUT2D eigenvalue weighted by atomic mass is 79.9. The van der Waals surface area contributed by atoms with Gasteiger partial charge in [0.05, 0.1) is 22.1 Å². The van der Waals surface area contributed by atoms with Gasteiger partial charge in [-0.15, -0.1) is 0 Å². The Hall–Kier alpha value is -1.28. The van der Waals surface area contributed by atoms with Crippen LogP contribution in [-0.4, -0.2) is 29.2 Å². The zero-order valence-electron chi connectivity index (χ0n) is 9.75. The average molecular weight is 338 g/mol. The Bertz CT molecular complexity index is 588. The van der Waals surface area contributed by atoms with E-state index < -0.39 is 18.8 Å². The van der Waals surface area contributed by atoms with Crippen LogP contribution in [0.25, 0.3) is 11.0 Å². The summed E-state index contributed by atoms with van der Waals surface area (Å²) in [5.74, 6) is -0.254. The van der Waals surface area contributed by atoms with Gasteiger partial charge < -0.3 is 15.0 Å². The standard InChI is InChI=1S/C11H11BrF3N3O/c12-6-3-8-9(4-7(6)13)18(11(16)17-8)1-2-19-5-10(14)15/h3-4,10H,1-2,5H2,(H2,16,17). The molecule has 104 valence electrons. The molecule has 0 aliphatic carbocycles. The lowest BCUT2D eigenvalue weighted by Gasteiger charge is -2.07. The lowest BCUT2D eigenvalue weighted by molar-refractivity contribution is 0.0151. The Kier molecular flexibility index (Phi) is 4.31. The van der Waals surface area contributed by atoms with E-state index in [1.807, 2.05) is 0 Å². The minimum atomic E-state index is -2.51. The molecule has 1 heterocycles. The van der Waals surface area contributed by atoms with Crippen molar-refractivity contribution in [1.29, 1.82) is 0 Å². The van der Waals surface area contributed by atoms with Crippen molar-refractivity contribution >= 4 is 32.9 Å². The van der Waals surface area contributed by atoms with E-state index in [0.29, 0.717) is 15.5 Å². The predicted octanol–water partition coefficient (Wildman–Crippen LogP) is 2.80. The molecule has 0 saturated carbocycles. The minimum absolute atomic E-state index is 0.0533. The Balaban J connectivity index is 2.18. The normalized spacial score (nSPS) is 11.6. The van der Waals surface area contributed by atoms with Gasteiger partial charge in [-0.2, -0.15) is 0 Å². The lowest BCUT2D eigenvalue weighted by Crippen LogP contribution is -2.12. The summed E-state index contributed by atoms with van der Waals surface area (Å²) in [6.45, 7) is -0.347. The van der Waals surface area contributed by atoms with E-state index in [1.54, 1.807) is 0 Å². The third-order valence-electron chi connectivity index (χ3n) is 2.52. The van der Waals surface area contributed by atoms with Crippen LogP contribution in [0.1, 0.15) is 0 Å². The molecule has 0 saturated heterocycles. The van der Waals surface area contributed by atoms with E-state index in [0.717, 1.165) is 0 Å². The third-order valence-corrected chi connectivity index (χ3v) is 3.13. The molecule has 1 aromatic heterocycles. The van der Waals surface area contributed by atoms with Crippen LogP contribution in [-0.2, 0) is 11.3 Å². The smallest absolute Gasteiger partial charge is 0.261 e. The molecule has 2 rings (SSSR count). The summed E-state index contributed by atoms with van der Waals surface area (Å²) >= 11 is 3.06. The van der Waals surface area contributed by atoms with Crippen LogP contribution < -0.4 is 5.73 Å². The number of benzene rings is 1. The molecule has 2 aromatic rings. The molecule has 1 aromatic carbocycles. The number of nitrogen functional groups attached to an aromatic ring is 1. The van der Waals surface area contributed by atoms with E-state index in [1.165, 1.54) is 16.7 Å². The van der Waals surface area contributed by atoms with Crippen LogP contribution in [0.15, 0.2) is 16.6 Å². The maximum atomic E-state index is 13.5. The van der Waals surface area contributed by atoms with Gasteiger partial charge in [-0.05, 0) is 22.0 Å². The number of hydrogen-bond donors (Lipinski definition) is 1. The Morgan fingerprint density at radius 3 is 2.84 bits per heavy atom. The highest BCUT2D eigenvalue weighted by molar-refractivity contribution is 9.10. The predicted molar refractivity (Wildman–Crippen MR) is 68.6 cm³/mol. The number of anilines is 1. The number of halogens is 4. The molecule has 0 aliphatic heterocycles. The van der Waals surface area contributed by atoms with Gasteiger partial charge in [0.15, 0.2) is 0 Å². The number of rotatable bonds is 5. The first-order valence-electron chi connectivity index (χ1n) is 5.45. The SMILES string of the molecule is Nc1nc2cc(Br)c(F)cc2n1CCOCC(F)F. The molecule has 0 spiro atoms. The Morgan fingerprint density at radius 1 is 1.42 bits per heavy atom. The second kappa shape index (κ2) is 5.79. The molecule has 0 unspecified atom stereocenters. The summed E-state index contributed by atoms with van der Waals surface area (Å²) in [6, 6.07) is 2.80. The van der Waals surface area contributed by atoms with Crippen LogP contribution in [0.5, 0.6) is 0 Å². The summed E-state index contributed by atoms with van der Waals surface area (Å²) in [6.07, 6.45) is -2.51. The minimum Gasteiger partial charge on any atom is -0.374 e. The van der Waals surface area contributed by atoms with Crippen molar-refractivity contribution in [3.8, 4) is 0 Å². The Labute approximate surface area is 115 Å². The van der Waals surface area contributed by atoms with E-state index >= 15 is 0 Å².